The molecule has 2 rings (SSSR count). The zero-order valence-corrected chi connectivity index (χ0v) is 11.5. The molecule has 1 aromatic carbocycles. The smallest absolute Gasteiger partial charge is 0.263 e. The molecule has 1 aromatic rings. The number of nitrogens with one attached hydrogen (secondary N) is 1. The van der Waals surface area contributed by atoms with E-state index < -0.39 is 12.0 Å². The lowest BCUT2D eigenvalue weighted by Crippen LogP contribution is -2.50. The van der Waals surface area contributed by atoms with Crippen LogP contribution in [-0.4, -0.2) is 49.0 Å². The minimum atomic E-state index is -0.645. The zero-order valence-electron chi connectivity index (χ0n) is 11.5. The van der Waals surface area contributed by atoms with Gasteiger partial charge in [-0.15, -0.1) is 0 Å². The average Bonchev–Trinajstić information content (AvgIpc) is 2.47. The Morgan fingerprint density at radius 1 is 1.30 bits per heavy atom. The SMILES string of the molecule is CC(Oc1ccccc1C(N)=O)C(=O)N1CCNCC1. The third-order valence-corrected chi connectivity index (χ3v) is 3.23. The quantitative estimate of drug-likeness (QED) is 0.810. The van der Waals surface area contributed by atoms with Crippen LogP contribution in [0.4, 0.5) is 0 Å². The normalized spacial score (nSPS) is 16.6. The monoisotopic (exact) mass is 277 g/mol. The minimum Gasteiger partial charge on any atom is -0.480 e. The lowest BCUT2D eigenvalue weighted by Gasteiger charge is -2.30. The Labute approximate surface area is 117 Å². The van der Waals surface area contributed by atoms with Gasteiger partial charge in [0.15, 0.2) is 6.10 Å². The third-order valence-electron chi connectivity index (χ3n) is 3.23. The summed E-state index contributed by atoms with van der Waals surface area (Å²) in [5.41, 5.74) is 5.57. The summed E-state index contributed by atoms with van der Waals surface area (Å²) in [5.74, 6) is -0.302. The highest BCUT2D eigenvalue weighted by molar-refractivity contribution is 5.95. The van der Waals surface area contributed by atoms with Crippen LogP contribution >= 0.6 is 0 Å². The first-order chi connectivity index (χ1) is 9.59. The second kappa shape index (κ2) is 6.38. The van der Waals surface area contributed by atoms with E-state index in [1.54, 1.807) is 36.1 Å². The van der Waals surface area contributed by atoms with Crippen molar-refractivity contribution >= 4 is 11.8 Å². The molecule has 20 heavy (non-hydrogen) atoms. The van der Waals surface area contributed by atoms with Crippen molar-refractivity contribution in [2.75, 3.05) is 26.2 Å². The average molecular weight is 277 g/mol. The summed E-state index contributed by atoms with van der Waals surface area (Å²) in [6, 6.07) is 6.67. The van der Waals surface area contributed by atoms with Gasteiger partial charge in [0.05, 0.1) is 5.56 Å². The number of para-hydroxylation sites is 1. The second-order valence-corrected chi connectivity index (χ2v) is 4.70. The maximum absolute atomic E-state index is 12.2. The number of ether oxygens (including phenoxy) is 1. The van der Waals surface area contributed by atoms with Crippen LogP contribution in [0, 0.1) is 0 Å². The van der Waals surface area contributed by atoms with Gasteiger partial charge in [0.1, 0.15) is 5.75 Å². The topological polar surface area (TPSA) is 84.7 Å². The van der Waals surface area contributed by atoms with Crippen molar-refractivity contribution in [1.82, 2.24) is 10.2 Å². The molecule has 108 valence electrons. The van der Waals surface area contributed by atoms with Crippen molar-refractivity contribution < 1.29 is 14.3 Å². The number of nitrogens with two attached hydrogens (primary N) is 1. The molecule has 0 saturated carbocycles. The molecule has 6 nitrogen and oxygen atoms in total. The first-order valence-corrected chi connectivity index (χ1v) is 6.64. The third kappa shape index (κ3) is 3.27. The fraction of sp³-hybridized carbons (Fsp3) is 0.429. The van der Waals surface area contributed by atoms with Crippen LogP contribution < -0.4 is 15.8 Å². The van der Waals surface area contributed by atoms with Crippen LogP contribution in [0.25, 0.3) is 0 Å². The number of carbonyl (C=O) groups excluding carboxylic acids is 2. The molecular weight excluding hydrogens is 258 g/mol. The number of amides is 2. The van der Waals surface area contributed by atoms with Crippen LogP contribution in [0.3, 0.4) is 0 Å². The maximum atomic E-state index is 12.2. The van der Waals surface area contributed by atoms with Gasteiger partial charge < -0.3 is 20.7 Å². The lowest BCUT2D eigenvalue weighted by atomic mass is 10.2. The molecule has 0 spiro atoms. The van der Waals surface area contributed by atoms with E-state index in [1.165, 1.54) is 0 Å². The van der Waals surface area contributed by atoms with Crippen molar-refractivity contribution in [3.63, 3.8) is 0 Å². The van der Waals surface area contributed by atoms with E-state index in [-0.39, 0.29) is 11.5 Å². The van der Waals surface area contributed by atoms with Gasteiger partial charge in [-0.25, -0.2) is 0 Å². The molecule has 0 aromatic heterocycles. The summed E-state index contributed by atoms with van der Waals surface area (Å²) in [6.45, 7) is 4.60. The Morgan fingerprint density at radius 3 is 2.60 bits per heavy atom. The van der Waals surface area contributed by atoms with E-state index in [2.05, 4.69) is 5.32 Å². The molecular formula is C14H19N3O3. The zero-order chi connectivity index (χ0) is 14.5. The Kier molecular flexibility index (Phi) is 4.57. The van der Waals surface area contributed by atoms with Crippen LogP contribution in [0.2, 0.25) is 0 Å². The molecule has 2 amide bonds. The van der Waals surface area contributed by atoms with E-state index in [0.717, 1.165) is 13.1 Å². The second-order valence-electron chi connectivity index (χ2n) is 4.70. The number of piperazine rings is 1. The van der Waals surface area contributed by atoms with E-state index in [4.69, 9.17) is 10.5 Å². The molecule has 1 aliphatic heterocycles. The Morgan fingerprint density at radius 2 is 1.95 bits per heavy atom. The van der Waals surface area contributed by atoms with Gasteiger partial charge >= 0.3 is 0 Å². The molecule has 0 aliphatic carbocycles. The summed E-state index contributed by atoms with van der Waals surface area (Å²) in [5, 5.41) is 3.19. The van der Waals surface area contributed by atoms with E-state index in [0.29, 0.717) is 18.8 Å². The summed E-state index contributed by atoms with van der Waals surface area (Å²) in [7, 11) is 0. The van der Waals surface area contributed by atoms with Crippen molar-refractivity contribution in [1.29, 1.82) is 0 Å². The van der Waals surface area contributed by atoms with Gasteiger partial charge in [0, 0.05) is 26.2 Å². The molecule has 6 heteroatoms. The first kappa shape index (κ1) is 14.3. The van der Waals surface area contributed by atoms with Gasteiger partial charge in [-0.2, -0.15) is 0 Å². The van der Waals surface area contributed by atoms with Crippen LogP contribution in [0.5, 0.6) is 5.75 Å². The van der Waals surface area contributed by atoms with E-state index in [9.17, 15) is 9.59 Å². The summed E-state index contributed by atoms with van der Waals surface area (Å²) in [4.78, 5) is 25.3. The van der Waals surface area contributed by atoms with Crippen LogP contribution in [0.15, 0.2) is 24.3 Å². The number of hydrogen-bond donors (Lipinski definition) is 2. The predicted molar refractivity (Wildman–Crippen MR) is 74.5 cm³/mol. The summed E-state index contributed by atoms with van der Waals surface area (Å²) >= 11 is 0. The minimum absolute atomic E-state index is 0.0780. The molecule has 1 fully saturated rings. The number of hydrogen-bond acceptors (Lipinski definition) is 4. The van der Waals surface area contributed by atoms with E-state index >= 15 is 0 Å². The van der Waals surface area contributed by atoms with Gasteiger partial charge in [-0.3, -0.25) is 9.59 Å². The van der Waals surface area contributed by atoms with Crippen molar-refractivity contribution in [3.05, 3.63) is 29.8 Å². The summed E-state index contributed by atoms with van der Waals surface area (Å²) in [6.07, 6.45) is -0.645. The number of nitrogens with zero attached hydrogens (tertiary/aromatic N) is 1. The number of benzene rings is 1. The maximum Gasteiger partial charge on any atom is 0.263 e. The van der Waals surface area contributed by atoms with Crippen LogP contribution in [0.1, 0.15) is 17.3 Å². The Bertz CT molecular complexity index is 498. The Hall–Kier alpha value is -2.08. The fourth-order valence-corrected chi connectivity index (χ4v) is 2.16. The number of primary amides is 1. The Balaban J connectivity index is 2.05. The van der Waals surface area contributed by atoms with Crippen molar-refractivity contribution in [2.24, 2.45) is 5.73 Å². The van der Waals surface area contributed by atoms with Crippen LogP contribution in [-0.2, 0) is 4.79 Å². The fourth-order valence-electron chi connectivity index (χ4n) is 2.16. The number of rotatable bonds is 4. The molecule has 3 N–H and O–H groups in total. The largest absolute Gasteiger partial charge is 0.480 e. The first-order valence-electron chi connectivity index (χ1n) is 6.64. The molecule has 0 bridgehead atoms. The highest BCUT2D eigenvalue weighted by atomic mass is 16.5. The molecule has 1 aliphatic rings. The molecule has 1 unspecified atom stereocenters. The predicted octanol–water partition coefficient (Wildman–Crippen LogP) is -0.0154. The van der Waals surface area contributed by atoms with E-state index in [1.807, 2.05) is 0 Å². The van der Waals surface area contributed by atoms with Gasteiger partial charge in [-0.1, -0.05) is 12.1 Å². The van der Waals surface area contributed by atoms with Crippen molar-refractivity contribution in [3.8, 4) is 5.75 Å². The molecule has 1 atom stereocenters. The van der Waals surface area contributed by atoms with Gasteiger partial charge in [0.25, 0.3) is 11.8 Å². The van der Waals surface area contributed by atoms with Gasteiger partial charge in [0.2, 0.25) is 0 Å². The molecule has 0 radical (unpaired) electrons. The van der Waals surface area contributed by atoms with Gasteiger partial charge in [-0.05, 0) is 19.1 Å². The summed E-state index contributed by atoms with van der Waals surface area (Å²) < 4.78 is 5.61. The van der Waals surface area contributed by atoms with Crippen molar-refractivity contribution in [2.45, 2.75) is 13.0 Å². The lowest BCUT2D eigenvalue weighted by molar-refractivity contribution is -0.138. The highest BCUT2D eigenvalue weighted by Crippen LogP contribution is 2.19. The molecule has 1 saturated heterocycles. The standard InChI is InChI=1S/C14H19N3O3/c1-10(14(19)17-8-6-16-7-9-17)20-12-5-3-2-4-11(12)13(15)18/h2-5,10,16H,6-9H2,1H3,(H2,15,18). The molecule has 1 heterocycles. The highest BCUT2D eigenvalue weighted by Gasteiger charge is 2.24. The number of carbonyl (C=O) groups is 2.